The Labute approximate surface area is 96.1 Å². The molecule has 16 heavy (non-hydrogen) atoms. The molecule has 0 saturated carbocycles. The molecule has 0 spiro atoms. The maximum absolute atomic E-state index is 5.69. The Morgan fingerprint density at radius 2 is 1.81 bits per heavy atom. The van der Waals surface area contributed by atoms with Gasteiger partial charge in [-0.2, -0.15) is 0 Å². The Hall–Kier alpha value is -1.83. The maximum Gasteiger partial charge on any atom is 0.123 e. The molecule has 1 aromatic carbocycles. The van der Waals surface area contributed by atoms with Crippen LogP contribution in [0.5, 0.6) is 0 Å². The zero-order valence-electron chi connectivity index (χ0n) is 9.48. The van der Waals surface area contributed by atoms with Crippen molar-refractivity contribution in [2.24, 2.45) is 0 Å². The second-order valence-electron chi connectivity index (χ2n) is 3.86. The van der Waals surface area contributed by atoms with Crippen LogP contribution >= 0.6 is 0 Å². The van der Waals surface area contributed by atoms with E-state index >= 15 is 0 Å². The molecule has 2 rings (SSSR count). The third-order valence-electron chi connectivity index (χ3n) is 2.66. The van der Waals surface area contributed by atoms with E-state index in [1.54, 1.807) is 0 Å². The number of nitrogens with two attached hydrogens (primary N) is 1. The largest absolute Gasteiger partial charge is 0.384 e. The molecule has 2 nitrogen and oxygen atoms in total. The number of hydrogen-bond donors (Lipinski definition) is 1. The van der Waals surface area contributed by atoms with Crippen molar-refractivity contribution in [2.75, 3.05) is 5.73 Å². The molecule has 0 amide bonds. The molecule has 0 radical (unpaired) electrons. The normalized spacial score (nSPS) is 10.3. The van der Waals surface area contributed by atoms with Crippen LogP contribution in [0.4, 0.5) is 5.82 Å². The molecule has 0 bridgehead atoms. The molecular weight excluding hydrogens is 196 g/mol. The van der Waals surface area contributed by atoms with E-state index in [9.17, 15) is 0 Å². The molecule has 2 N–H and O–H groups in total. The van der Waals surface area contributed by atoms with Crippen molar-refractivity contribution in [2.45, 2.75) is 19.8 Å². The molecule has 1 aromatic heterocycles. The lowest BCUT2D eigenvalue weighted by atomic mass is 10.0. The van der Waals surface area contributed by atoms with Crippen LogP contribution in [0, 0.1) is 0 Å². The monoisotopic (exact) mass is 212 g/mol. The van der Waals surface area contributed by atoms with Crippen LogP contribution in [0.25, 0.3) is 0 Å². The Bertz CT molecular complexity index is 463. The first-order valence-corrected chi connectivity index (χ1v) is 5.58. The molecule has 0 saturated heterocycles. The van der Waals surface area contributed by atoms with Gasteiger partial charge >= 0.3 is 0 Å². The average molecular weight is 212 g/mol. The van der Waals surface area contributed by atoms with E-state index in [0.717, 1.165) is 18.5 Å². The third-order valence-corrected chi connectivity index (χ3v) is 2.66. The van der Waals surface area contributed by atoms with Gasteiger partial charge < -0.3 is 5.73 Å². The third kappa shape index (κ3) is 2.40. The van der Waals surface area contributed by atoms with Crippen LogP contribution in [0.2, 0.25) is 0 Å². The molecule has 2 heteroatoms. The average Bonchev–Trinajstić information content (AvgIpc) is 2.33. The molecular formula is C14H16N2. The van der Waals surface area contributed by atoms with Crippen LogP contribution in [0.3, 0.4) is 0 Å². The lowest BCUT2D eigenvalue weighted by Crippen LogP contribution is -2.01. The fourth-order valence-electron chi connectivity index (χ4n) is 1.83. The molecule has 2 aromatic rings. The van der Waals surface area contributed by atoms with Gasteiger partial charge in [-0.25, -0.2) is 4.98 Å². The van der Waals surface area contributed by atoms with Gasteiger partial charge in [-0.15, -0.1) is 0 Å². The number of aromatic nitrogens is 1. The van der Waals surface area contributed by atoms with Crippen LogP contribution in [0.1, 0.15) is 23.7 Å². The summed E-state index contributed by atoms with van der Waals surface area (Å²) in [4.78, 5) is 4.37. The predicted octanol–water partition coefficient (Wildman–Crippen LogP) is 2.82. The van der Waals surface area contributed by atoms with Gasteiger partial charge in [-0.3, -0.25) is 0 Å². The van der Waals surface area contributed by atoms with Crippen LogP contribution in [-0.4, -0.2) is 4.98 Å². The highest BCUT2D eigenvalue weighted by atomic mass is 14.8. The van der Waals surface area contributed by atoms with Crippen LogP contribution < -0.4 is 5.73 Å². The second kappa shape index (κ2) is 4.79. The highest BCUT2D eigenvalue weighted by Crippen LogP contribution is 2.14. The standard InChI is InChI=1S/C14H16N2/c1-2-13-12(8-9-14(15)16-13)10-11-6-4-3-5-7-11/h3-9H,2,10H2,1H3,(H2,15,16). The van der Waals surface area contributed by atoms with Gasteiger partial charge in [-0.1, -0.05) is 43.3 Å². The van der Waals surface area contributed by atoms with Crippen molar-refractivity contribution in [3.8, 4) is 0 Å². The first-order chi connectivity index (χ1) is 7.79. The molecule has 0 aliphatic carbocycles. The molecule has 82 valence electrons. The van der Waals surface area contributed by atoms with E-state index in [2.05, 4.69) is 42.2 Å². The minimum Gasteiger partial charge on any atom is -0.384 e. The van der Waals surface area contributed by atoms with Crippen molar-refractivity contribution in [1.29, 1.82) is 0 Å². The van der Waals surface area contributed by atoms with E-state index < -0.39 is 0 Å². The van der Waals surface area contributed by atoms with Crippen molar-refractivity contribution >= 4 is 5.82 Å². The quantitative estimate of drug-likeness (QED) is 0.849. The number of benzene rings is 1. The Balaban J connectivity index is 2.28. The minimum absolute atomic E-state index is 0.605. The van der Waals surface area contributed by atoms with Gasteiger partial charge in [0.05, 0.1) is 0 Å². The van der Waals surface area contributed by atoms with E-state index in [1.807, 2.05) is 12.1 Å². The van der Waals surface area contributed by atoms with Gasteiger partial charge in [0.1, 0.15) is 5.82 Å². The lowest BCUT2D eigenvalue weighted by molar-refractivity contribution is 0.983. The van der Waals surface area contributed by atoms with Gasteiger partial charge in [0.25, 0.3) is 0 Å². The van der Waals surface area contributed by atoms with Gasteiger partial charge in [0, 0.05) is 5.69 Å². The number of aryl methyl sites for hydroxylation is 1. The molecule has 0 unspecified atom stereocenters. The first kappa shape index (κ1) is 10.7. The SMILES string of the molecule is CCc1nc(N)ccc1Cc1ccccc1. The minimum atomic E-state index is 0.605. The van der Waals surface area contributed by atoms with E-state index in [-0.39, 0.29) is 0 Å². The Morgan fingerprint density at radius 3 is 2.50 bits per heavy atom. The number of hydrogen-bond acceptors (Lipinski definition) is 2. The maximum atomic E-state index is 5.69. The van der Waals surface area contributed by atoms with E-state index in [0.29, 0.717) is 5.82 Å². The van der Waals surface area contributed by atoms with Crippen molar-refractivity contribution in [3.05, 3.63) is 59.3 Å². The van der Waals surface area contributed by atoms with Crippen LogP contribution in [0.15, 0.2) is 42.5 Å². The first-order valence-electron chi connectivity index (χ1n) is 5.58. The van der Waals surface area contributed by atoms with Gasteiger partial charge in [0.15, 0.2) is 0 Å². The number of pyridine rings is 1. The van der Waals surface area contributed by atoms with Crippen molar-refractivity contribution in [3.63, 3.8) is 0 Å². The molecule has 0 aliphatic heterocycles. The van der Waals surface area contributed by atoms with Crippen molar-refractivity contribution in [1.82, 2.24) is 4.98 Å². The highest BCUT2D eigenvalue weighted by Gasteiger charge is 2.03. The van der Waals surface area contributed by atoms with E-state index in [4.69, 9.17) is 5.73 Å². The summed E-state index contributed by atoms with van der Waals surface area (Å²) in [7, 11) is 0. The summed E-state index contributed by atoms with van der Waals surface area (Å²) in [5.74, 6) is 0.605. The highest BCUT2D eigenvalue weighted by molar-refractivity contribution is 5.37. The summed E-state index contributed by atoms with van der Waals surface area (Å²) in [6.45, 7) is 2.11. The number of anilines is 1. The molecule has 1 heterocycles. The van der Waals surface area contributed by atoms with Crippen molar-refractivity contribution < 1.29 is 0 Å². The fraction of sp³-hybridized carbons (Fsp3) is 0.214. The summed E-state index contributed by atoms with van der Waals surface area (Å²) < 4.78 is 0. The molecule has 0 fully saturated rings. The fourth-order valence-corrected chi connectivity index (χ4v) is 1.83. The second-order valence-corrected chi connectivity index (χ2v) is 3.86. The Morgan fingerprint density at radius 1 is 1.06 bits per heavy atom. The topological polar surface area (TPSA) is 38.9 Å². The summed E-state index contributed by atoms with van der Waals surface area (Å²) in [6, 6.07) is 14.4. The Kier molecular flexibility index (Phi) is 3.20. The summed E-state index contributed by atoms with van der Waals surface area (Å²) in [5.41, 5.74) is 9.36. The zero-order chi connectivity index (χ0) is 11.4. The summed E-state index contributed by atoms with van der Waals surface area (Å²) in [6.07, 6.45) is 1.85. The van der Waals surface area contributed by atoms with E-state index in [1.165, 1.54) is 11.1 Å². The number of nitrogens with zero attached hydrogens (tertiary/aromatic N) is 1. The van der Waals surface area contributed by atoms with Gasteiger partial charge in [0.2, 0.25) is 0 Å². The van der Waals surface area contributed by atoms with Gasteiger partial charge in [-0.05, 0) is 30.0 Å². The summed E-state index contributed by atoms with van der Waals surface area (Å²) in [5, 5.41) is 0. The molecule has 0 aliphatic rings. The summed E-state index contributed by atoms with van der Waals surface area (Å²) >= 11 is 0. The zero-order valence-corrected chi connectivity index (χ0v) is 9.48. The van der Waals surface area contributed by atoms with Crippen LogP contribution in [-0.2, 0) is 12.8 Å². The number of nitrogen functional groups attached to an aromatic ring is 1. The number of rotatable bonds is 3. The molecule has 0 atom stereocenters. The predicted molar refractivity (Wildman–Crippen MR) is 67.3 cm³/mol. The lowest BCUT2D eigenvalue weighted by Gasteiger charge is -2.07. The smallest absolute Gasteiger partial charge is 0.123 e.